The van der Waals surface area contributed by atoms with Crippen molar-refractivity contribution in [2.45, 2.75) is 69.4 Å². The number of ether oxygens (including phenoxy) is 2. The monoisotopic (exact) mass is 493 g/mol. The van der Waals surface area contributed by atoms with Crippen LogP contribution in [0.5, 0.6) is 5.88 Å². The Bertz CT molecular complexity index is 1130. The molecular weight excluding hydrogens is 458 g/mol. The average molecular weight is 494 g/mol. The van der Waals surface area contributed by atoms with Gasteiger partial charge >= 0.3 is 6.09 Å². The van der Waals surface area contributed by atoms with Crippen molar-refractivity contribution >= 4 is 26.9 Å². The fourth-order valence-corrected chi connectivity index (χ4v) is 5.39. The van der Waals surface area contributed by atoms with Crippen LogP contribution in [0.1, 0.15) is 58.4 Å². The lowest BCUT2D eigenvalue weighted by Gasteiger charge is -2.29. The lowest BCUT2D eigenvalue weighted by Crippen LogP contribution is -2.46. The van der Waals surface area contributed by atoms with E-state index in [0.29, 0.717) is 23.1 Å². The number of carbonyl (C=O) groups excluding carboxylic acids is 1. The van der Waals surface area contributed by atoms with Crippen LogP contribution in [0, 0.1) is 0 Å². The summed E-state index contributed by atoms with van der Waals surface area (Å²) in [4.78, 5) is 18.6. The summed E-state index contributed by atoms with van der Waals surface area (Å²) in [5.41, 5.74) is 0.217. The van der Waals surface area contributed by atoms with Crippen LogP contribution in [0.3, 0.4) is 0 Å². The summed E-state index contributed by atoms with van der Waals surface area (Å²) in [6.07, 6.45) is 3.51. The minimum atomic E-state index is -3.93. The second kappa shape index (κ2) is 10.5. The first kappa shape index (κ1) is 26.2. The largest absolute Gasteiger partial charge is 0.481 e. The van der Waals surface area contributed by atoms with E-state index < -0.39 is 27.8 Å². The number of nitrogens with one attached hydrogen (secondary N) is 1. The molecule has 188 valence electrons. The van der Waals surface area contributed by atoms with Crippen LogP contribution in [0.2, 0.25) is 0 Å². The highest BCUT2D eigenvalue weighted by atomic mass is 32.2. The number of carbonyl (C=O) groups is 1. The minimum Gasteiger partial charge on any atom is -0.481 e. The SMILES string of the molecule is COc1ncc(C2CC2)c2c(S(=O)(=O)N[C@H](C)CN(CCCO)C(=O)OC(C)(C)C)cccc12. The molecule has 1 fully saturated rings. The molecule has 0 bridgehead atoms. The predicted octanol–water partition coefficient (Wildman–Crippen LogP) is 3.41. The third-order valence-electron chi connectivity index (χ3n) is 5.45. The number of sulfonamides is 1. The number of methoxy groups -OCH3 is 1. The van der Waals surface area contributed by atoms with Crippen molar-refractivity contribution in [1.29, 1.82) is 0 Å². The van der Waals surface area contributed by atoms with Crippen molar-refractivity contribution in [1.82, 2.24) is 14.6 Å². The number of aliphatic hydroxyl groups excluding tert-OH is 1. The highest BCUT2D eigenvalue weighted by Crippen LogP contribution is 2.45. The molecule has 0 saturated heterocycles. The first-order chi connectivity index (χ1) is 16.0. The van der Waals surface area contributed by atoms with Gasteiger partial charge < -0.3 is 19.5 Å². The number of hydrogen-bond acceptors (Lipinski definition) is 7. The summed E-state index contributed by atoms with van der Waals surface area (Å²) in [7, 11) is -2.42. The molecule has 1 heterocycles. The highest BCUT2D eigenvalue weighted by molar-refractivity contribution is 7.89. The molecule has 0 aliphatic heterocycles. The number of aliphatic hydroxyl groups is 1. The number of rotatable bonds is 10. The number of benzene rings is 1. The molecule has 2 aromatic rings. The van der Waals surface area contributed by atoms with Gasteiger partial charge in [-0.15, -0.1) is 0 Å². The van der Waals surface area contributed by atoms with E-state index in [1.165, 1.54) is 12.0 Å². The number of pyridine rings is 1. The van der Waals surface area contributed by atoms with Gasteiger partial charge in [-0.05, 0) is 70.6 Å². The smallest absolute Gasteiger partial charge is 0.410 e. The van der Waals surface area contributed by atoms with Crippen molar-refractivity contribution < 1.29 is 27.8 Å². The van der Waals surface area contributed by atoms with Gasteiger partial charge in [0.15, 0.2) is 0 Å². The van der Waals surface area contributed by atoms with Gasteiger partial charge in [0, 0.05) is 42.7 Å². The molecule has 0 spiro atoms. The number of hydrogen-bond donors (Lipinski definition) is 2. The van der Waals surface area contributed by atoms with Crippen molar-refractivity contribution in [3.63, 3.8) is 0 Å². The summed E-state index contributed by atoms with van der Waals surface area (Å²) < 4.78 is 40.5. The van der Waals surface area contributed by atoms with Crippen LogP contribution in [0.15, 0.2) is 29.3 Å². The number of nitrogens with zero attached hydrogens (tertiary/aromatic N) is 2. The molecule has 1 aromatic heterocycles. The topological polar surface area (TPSA) is 118 Å². The van der Waals surface area contributed by atoms with E-state index in [2.05, 4.69) is 9.71 Å². The number of amides is 1. The highest BCUT2D eigenvalue weighted by Gasteiger charge is 2.31. The minimum absolute atomic E-state index is 0.0881. The lowest BCUT2D eigenvalue weighted by molar-refractivity contribution is 0.0229. The van der Waals surface area contributed by atoms with E-state index in [9.17, 15) is 18.3 Å². The van der Waals surface area contributed by atoms with Gasteiger partial charge in [0.2, 0.25) is 15.9 Å². The van der Waals surface area contributed by atoms with Crippen LogP contribution in [0.25, 0.3) is 10.8 Å². The van der Waals surface area contributed by atoms with E-state index in [1.807, 2.05) is 6.07 Å². The fourth-order valence-electron chi connectivity index (χ4n) is 3.90. The number of fused-ring (bicyclic) bond motifs is 1. The van der Waals surface area contributed by atoms with Gasteiger partial charge in [-0.25, -0.2) is 22.9 Å². The molecule has 10 heteroatoms. The van der Waals surface area contributed by atoms with Crippen molar-refractivity contribution in [3.05, 3.63) is 30.0 Å². The third-order valence-corrected chi connectivity index (χ3v) is 7.09. The zero-order valence-corrected chi connectivity index (χ0v) is 21.3. The molecule has 0 unspecified atom stereocenters. The Hall–Kier alpha value is -2.43. The lowest BCUT2D eigenvalue weighted by atomic mass is 10.0. The fraction of sp³-hybridized carbons (Fsp3) is 0.583. The molecule has 3 rings (SSSR count). The Labute approximate surface area is 201 Å². The Morgan fingerprint density at radius 1 is 1.32 bits per heavy atom. The van der Waals surface area contributed by atoms with Gasteiger partial charge in [0.1, 0.15) is 5.60 Å². The van der Waals surface area contributed by atoms with Gasteiger partial charge in [-0.3, -0.25) is 0 Å². The maximum absolute atomic E-state index is 13.5. The summed E-state index contributed by atoms with van der Waals surface area (Å²) in [6, 6.07) is 4.48. The Kier molecular flexibility index (Phi) is 8.05. The van der Waals surface area contributed by atoms with Gasteiger partial charge in [-0.1, -0.05) is 6.07 Å². The van der Waals surface area contributed by atoms with Crippen molar-refractivity contribution in [2.24, 2.45) is 0 Å². The van der Waals surface area contributed by atoms with Crippen molar-refractivity contribution in [3.8, 4) is 5.88 Å². The molecule has 1 amide bonds. The molecule has 0 radical (unpaired) electrons. The Balaban J connectivity index is 1.88. The summed E-state index contributed by atoms with van der Waals surface area (Å²) in [5, 5.41) is 10.5. The maximum Gasteiger partial charge on any atom is 0.410 e. The summed E-state index contributed by atoms with van der Waals surface area (Å²) in [5.74, 6) is 0.667. The van der Waals surface area contributed by atoms with E-state index >= 15 is 0 Å². The molecular formula is C24H35N3O6S. The zero-order valence-electron chi connectivity index (χ0n) is 20.5. The molecule has 1 saturated carbocycles. The van der Waals surface area contributed by atoms with Crippen molar-refractivity contribution in [2.75, 3.05) is 26.8 Å². The van der Waals surface area contributed by atoms with Gasteiger partial charge in [0.25, 0.3) is 0 Å². The van der Waals surface area contributed by atoms with Gasteiger partial charge in [0.05, 0.1) is 12.0 Å². The van der Waals surface area contributed by atoms with Crippen LogP contribution >= 0.6 is 0 Å². The summed E-state index contributed by atoms with van der Waals surface area (Å²) in [6.45, 7) is 7.25. The first-order valence-electron chi connectivity index (χ1n) is 11.5. The van der Waals surface area contributed by atoms with E-state index in [0.717, 1.165) is 18.4 Å². The Morgan fingerprint density at radius 2 is 2.03 bits per heavy atom. The van der Waals surface area contributed by atoms with Crippen LogP contribution in [-0.4, -0.2) is 68.0 Å². The molecule has 1 aliphatic rings. The van der Waals surface area contributed by atoms with Gasteiger partial charge in [-0.2, -0.15) is 0 Å². The average Bonchev–Trinajstić information content (AvgIpc) is 3.59. The quantitative estimate of drug-likeness (QED) is 0.521. The first-order valence-corrected chi connectivity index (χ1v) is 13.0. The summed E-state index contributed by atoms with van der Waals surface area (Å²) >= 11 is 0. The molecule has 1 aromatic carbocycles. The molecule has 2 N–H and O–H groups in total. The zero-order chi connectivity index (χ0) is 25.1. The molecule has 34 heavy (non-hydrogen) atoms. The van der Waals surface area contributed by atoms with E-state index in [4.69, 9.17) is 9.47 Å². The van der Waals surface area contributed by atoms with E-state index in [-0.39, 0.29) is 30.5 Å². The predicted molar refractivity (Wildman–Crippen MR) is 130 cm³/mol. The third kappa shape index (κ3) is 6.37. The second-order valence-electron chi connectivity index (χ2n) is 9.70. The number of aromatic nitrogens is 1. The molecule has 9 nitrogen and oxygen atoms in total. The van der Waals surface area contributed by atoms with Crippen LogP contribution < -0.4 is 9.46 Å². The maximum atomic E-state index is 13.5. The second-order valence-corrected chi connectivity index (χ2v) is 11.4. The Morgan fingerprint density at radius 3 is 2.62 bits per heavy atom. The van der Waals surface area contributed by atoms with Crippen LogP contribution in [0.4, 0.5) is 4.79 Å². The standard InChI is InChI=1S/C24H35N3O6S/c1-16(15-27(12-7-13-28)23(29)33-24(2,3)4)26-34(30,31)20-9-6-8-18-21(20)19(17-10-11-17)14-25-22(18)32-5/h6,8-9,14,16-17,26,28H,7,10-13,15H2,1-5H3/t16-/m1/s1. The molecule has 1 aliphatic carbocycles. The van der Waals surface area contributed by atoms with E-state index in [1.54, 1.807) is 46.0 Å². The van der Waals surface area contributed by atoms with Crippen LogP contribution in [-0.2, 0) is 14.8 Å². The normalized spacial score (nSPS) is 15.2. The molecule has 1 atom stereocenters.